The van der Waals surface area contributed by atoms with Crippen LogP contribution in [0.1, 0.15) is 90.0 Å². The molecule has 1 fully saturated rings. The molecule has 38 heavy (non-hydrogen) atoms. The third kappa shape index (κ3) is 9.33. The second-order valence-electron chi connectivity index (χ2n) is 11.3. The molecule has 2 atom stereocenters. The van der Waals surface area contributed by atoms with Crippen molar-refractivity contribution in [1.29, 1.82) is 0 Å². The van der Waals surface area contributed by atoms with E-state index in [2.05, 4.69) is 10.6 Å². The van der Waals surface area contributed by atoms with Gasteiger partial charge < -0.3 is 25.0 Å². The molecule has 9 nitrogen and oxygen atoms in total. The fourth-order valence-electron chi connectivity index (χ4n) is 4.30. The molecular formula is C29H45N3O6. The molecule has 0 heterocycles. The number of aryl methyl sites for hydroxylation is 1. The van der Waals surface area contributed by atoms with Crippen LogP contribution in [0.25, 0.3) is 0 Å². The monoisotopic (exact) mass is 531 g/mol. The van der Waals surface area contributed by atoms with Crippen molar-refractivity contribution in [3.8, 4) is 0 Å². The highest BCUT2D eigenvalue weighted by Gasteiger charge is 2.44. The van der Waals surface area contributed by atoms with Crippen LogP contribution in [0.5, 0.6) is 0 Å². The number of carbonyl (C=O) groups is 4. The van der Waals surface area contributed by atoms with Crippen LogP contribution in [0.4, 0.5) is 4.79 Å². The lowest BCUT2D eigenvalue weighted by Gasteiger charge is -2.36. The molecule has 0 aromatic heterocycles. The van der Waals surface area contributed by atoms with E-state index in [4.69, 9.17) is 9.47 Å². The number of carbonyl (C=O) groups excluding carboxylic acids is 4. The molecule has 212 valence electrons. The Bertz CT molecular complexity index is 997. The smallest absolute Gasteiger partial charge is 0.408 e. The van der Waals surface area contributed by atoms with Gasteiger partial charge in [0.15, 0.2) is 0 Å². The minimum absolute atomic E-state index is 0.0344. The van der Waals surface area contributed by atoms with Crippen molar-refractivity contribution in [3.63, 3.8) is 0 Å². The highest BCUT2D eigenvalue weighted by atomic mass is 16.6. The first-order chi connectivity index (χ1) is 17.7. The number of nitrogens with one attached hydrogen (secondary N) is 2. The molecule has 0 radical (unpaired) electrons. The molecule has 2 unspecified atom stereocenters. The number of hydrogen-bond acceptors (Lipinski definition) is 6. The fourth-order valence-corrected chi connectivity index (χ4v) is 4.30. The van der Waals surface area contributed by atoms with Crippen LogP contribution in [0.3, 0.4) is 0 Å². The van der Waals surface area contributed by atoms with Crippen LogP contribution in [0, 0.1) is 19.8 Å². The third-order valence-corrected chi connectivity index (χ3v) is 6.29. The van der Waals surface area contributed by atoms with E-state index in [-0.39, 0.29) is 43.3 Å². The van der Waals surface area contributed by atoms with Crippen molar-refractivity contribution in [2.45, 2.75) is 105 Å². The number of hydrogen-bond donors (Lipinski definition) is 2. The first kappa shape index (κ1) is 31.1. The fraction of sp³-hybridized carbons (Fsp3) is 0.655. The van der Waals surface area contributed by atoms with Crippen LogP contribution in [0.15, 0.2) is 18.2 Å². The zero-order valence-corrected chi connectivity index (χ0v) is 24.2. The van der Waals surface area contributed by atoms with Crippen molar-refractivity contribution in [2.75, 3.05) is 13.2 Å². The molecule has 2 N–H and O–H groups in total. The van der Waals surface area contributed by atoms with Gasteiger partial charge in [-0.3, -0.25) is 14.4 Å². The van der Waals surface area contributed by atoms with Gasteiger partial charge in [0.2, 0.25) is 11.8 Å². The Labute approximate surface area is 227 Å². The Morgan fingerprint density at radius 2 is 1.76 bits per heavy atom. The van der Waals surface area contributed by atoms with Crippen molar-refractivity contribution in [1.82, 2.24) is 15.5 Å². The maximum atomic E-state index is 14.1. The second-order valence-corrected chi connectivity index (χ2v) is 11.3. The number of esters is 1. The highest BCUT2D eigenvalue weighted by molar-refractivity contribution is 5.93. The lowest BCUT2D eigenvalue weighted by molar-refractivity contribution is -0.145. The second kappa shape index (κ2) is 13.6. The highest BCUT2D eigenvalue weighted by Crippen LogP contribution is 2.37. The van der Waals surface area contributed by atoms with Crippen molar-refractivity contribution < 1.29 is 28.7 Å². The molecule has 1 aliphatic rings. The molecule has 0 spiro atoms. The number of benzene rings is 1. The average Bonchev–Trinajstić information content (AvgIpc) is 3.62. The number of nitrogens with zero attached hydrogens (tertiary/aromatic N) is 1. The van der Waals surface area contributed by atoms with E-state index >= 15 is 0 Å². The molecule has 1 saturated carbocycles. The van der Waals surface area contributed by atoms with Gasteiger partial charge in [0.1, 0.15) is 17.7 Å². The summed E-state index contributed by atoms with van der Waals surface area (Å²) in [4.78, 5) is 54.0. The van der Waals surface area contributed by atoms with Crippen molar-refractivity contribution >= 4 is 23.9 Å². The quantitative estimate of drug-likeness (QED) is 0.388. The van der Waals surface area contributed by atoms with E-state index in [0.29, 0.717) is 6.42 Å². The minimum atomic E-state index is -0.910. The number of rotatable bonds is 12. The molecule has 0 bridgehead atoms. The molecule has 0 aliphatic heterocycles. The van der Waals surface area contributed by atoms with Crippen LogP contribution in [-0.4, -0.2) is 59.6 Å². The zero-order valence-electron chi connectivity index (χ0n) is 24.2. The number of ether oxygens (including phenoxy) is 2. The van der Waals surface area contributed by atoms with E-state index in [1.807, 2.05) is 45.9 Å². The van der Waals surface area contributed by atoms with Gasteiger partial charge in [-0.1, -0.05) is 32.0 Å². The Hall–Kier alpha value is -3.10. The van der Waals surface area contributed by atoms with Gasteiger partial charge in [0.05, 0.1) is 13.0 Å². The molecule has 0 saturated heterocycles. The lowest BCUT2D eigenvalue weighted by Crippen LogP contribution is -2.54. The van der Waals surface area contributed by atoms with Gasteiger partial charge in [0, 0.05) is 12.6 Å². The first-order valence-electron chi connectivity index (χ1n) is 13.6. The molecule has 1 aliphatic carbocycles. The zero-order chi connectivity index (χ0) is 28.6. The Morgan fingerprint density at radius 1 is 1.11 bits per heavy atom. The van der Waals surface area contributed by atoms with Crippen molar-refractivity contribution in [3.05, 3.63) is 34.9 Å². The maximum Gasteiger partial charge on any atom is 0.408 e. The molecule has 3 amide bonds. The summed E-state index contributed by atoms with van der Waals surface area (Å²) in [5, 5.41) is 5.61. The summed E-state index contributed by atoms with van der Waals surface area (Å²) < 4.78 is 10.4. The van der Waals surface area contributed by atoms with E-state index in [1.54, 1.807) is 32.6 Å². The van der Waals surface area contributed by atoms with Crippen LogP contribution in [-0.2, 0) is 23.9 Å². The molecular weight excluding hydrogens is 486 g/mol. The van der Waals surface area contributed by atoms with Crippen LogP contribution >= 0.6 is 0 Å². The minimum Gasteiger partial charge on any atom is -0.466 e. The maximum absolute atomic E-state index is 14.1. The summed E-state index contributed by atoms with van der Waals surface area (Å²) in [6.07, 6.45) is 1.29. The lowest BCUT2D eigenvalue weighted by atomic mass is 9.94. The van der Waals surface area contributed by atoms with E-state index in [0.717, 1.165) is 29.5 Å². The van der Waals surface area contributed by atoms with Gasteiger partial charge in [-0.15, -0.1) is 0 Å². The molecule has 1 aromatic rings. The van der Waals surface area contributed by atoms with Gasteiger partial charge in [-0.25, -0.2) is 4.79 Å². The number of amides is 3. The van der Waals surface area contributed by atoms with Gasteiger partial charge >= 0.3 is 12.1 Å². The average molecular weight is 532 g/mol. The molecule has 2 rings (SSSR count). The van der Waals surface area contributed by atoms with E-state index in [1.165, 1.54) is 0 Å². The normalized spacial score (nSPS) is 14.9. The van der Waals surface area contributed by atoms with Gasteiger partial charge in [-0.05, 0) is 83.4 Å². The molecule has 9 heteroatoms. The summed E-state index contributed by atoms with van der Waals surface area (Å²) in [6.45, 7) is 15.2. The third-order valence-electron chi connectivity index (χ3n) is 6.29. The summed E-state index contributed by atoms with van der Waals surface area (Å²) in [5.41, 5.74) is 1.92. The van der Waals surface area contributed by atoms with E-state index < -0.39 is 29.7 Å². The largest absolute Gasteiger partial charge is 0.466 e. The Balaban J connectivity index is 2.43. The SMILES string of the molecule is CCOC(=O)CCNC(=O)C(c1cccc(C)c1C)N(C(=O)C(CC(C)C)NC(=O)OC(C)(C)C)C1CC1. The van der Waals surface area contributed by atoms with Crippen molar-refractivity contribution in [2.24, 2.45) is 5.92 Å². The predicted octanol–water partition coefficient (Wildman–Crippen LogP) is 4.34. The molecule has 1 aromatic carbocycles. The topological polar surface area (TPSA) is 114 Å². The summed E-state index contributed by atoms with van der Waals surface area (Å²) >= 11 is 0. The van der Waals surface area contributed by atoms with E-state index in [9.17, 15) is 19.2 Å². The Morgan fingerprint density at radius 3 is 2.32 bits per heavy atom. The Kier molecular flexibility index (Phi) is 11.2. The predicted molar refractivity (Wildman–Crippen MR) is 145 cm³/mol. The van der Waals surface area contributed by atoms with Gasteiger partial charge in [0.25, 0.3) is 0 Å². The van der Waals surface area contributed by atoms with Gasteiger partial charge in [-0.2, -0.15) is 0 Å². The standard InChI is InChI=1S/C29H45N3O6/c1-9-37-24(33)15-16-30-26(34)25(22-12-10-11-19(4)20(22)5)32(21-13-14-21)27(35)23(17-18(2)3)31-28(36)38-29(6,7)8/h10-12,18,21,23,25H,9,13-17H2,1-8H3,(H,30,34)(H,31,36). The number of alkyl carbamates (subject to hydrolysis) is 1. The first-order valence-corrected chi connectivity index (χ1v) is 13.6. The van der Waals surface area contributed by atoms with Crippen LogP contribution in [0.2, 0.25) is 0 Å². The summed E-state index contributed by atoms with van der Waals surface area (Å²) in [6, 6.07) is 3.80. The summed E-state index contributed by atoms with van der Waals surface area (Å²) in [5.74, 6) is -0.982. The summed E-state index contributed by atoms with van der Waals surface area (Å²) in [7, 11) is 0. The van der Waals surface area contributed by atoms with Crippen LogP contribution < -0.4 is 10.6 Å².